The van der Waals surface area contributed by atoms with Crippen molar-refractivity contribution in [2.24, 2.45) is 0 Å². The quantitative estimate of drug-likeness (QED) is 0.377. The maximum atomic E-state index is 8.89. The third-order valence-electron chi connectivity index (χ3n) is 5.26. The molecule has 0 unspecified atom stereocenters. The summed E-state index contributed by atoms with van der Waals surface area (Å²) in [7, 11) is -0.337. The Hall–Kier alpha value is -4.29. The fraction of sp³-hybridized carbons (Fsp3) is 0. The van der Waals surface area contributed by atoms with Crippen LogP contribution in [0.25, 0.3) is 45.3 Å². The molecule has 1 N–H and O–H groups in total. The summed E-state index contributed by atoms with van der Waals surface area (Å²) in [6.45, 7) is 0. The van der Waals surface area contributed by atoms with E-state index in [1.54, 1.807) is 0 Å². The predicted octanol–water partition coefficient (Wildman–Crippen LogP) is 5.18. The van der Waals surface area contributed by atoms with Gasteiger partial charge in [0.2, 0.25) is 0 Å². The van der Waals surface area contributed by atoms with Gasteiger partial charge < -0.3 is 9.68 Å². The Bertz CT molecular complexity index is 1290. The van der Waals surface area contributed by atoms with E-state index in [1.165, 1.54) is 0 Å². The SMILES string of the molecule is OBOc1ccc(-c2ccc(-c3nc(-c4ccccc4)nc(-c4ccccc4)n3)cc2)cc1. The second kappa shape index (κ2) is 9.46. The van der Waals surface area contributed by atoms with Gasteiger partial charge >= 0.3 is 7.69 Å². The Balaban J connectivity index is 1.53. The maximum Gasteiger partial charge on any atom is 0.504 e. The van der Waals surface area contributed by atoms with E-state index in [9.17, 15) is 0 Å². The Morgan fingerprint density at radius 2 is 0.818 bits per heavy atom. The van der Waals surface area contributed by atoms with Crippen LogP contribution in [0.3, 0.4) is 0 Å². The number of rotatable bonds is 6. The van der Waals surface area contributed by atoms with Crippen molar-refractivity contribution in [1.29, 1.82) is 0 Å². The fourth-order valence-corrected chi connectivity index (χ4v) is 3.57. The smallest absolute Gasteiger partial charge is 0.504 e. The van der Waals surface area contributed by atoms with E-state index in [0.29, 0.717) is 23.2 Å². The first-order valence-corrected chi connectivity index (χ1v) is 10.6. The molecule has 0 aliphatic heterocycles. The van der Waals surface area contributed by atoms with Crippen LogP contribution in [0.2, 0.25) is 0 Å². The maximum absolute atomic E-state index is 8.89. The van der Waals surface area contributed by atoms with Gasteiger partial charge in [0, 0.05) is 16.7 Å². The van der Waals surface area contributed by atoms with E-state index in [-0.39, 0.29) is 7.69 Å². The molecule has 0 aliphatic carbocycles. The molecule has 0 spiro atoms. The van der Waals surface area contributed by atoms with Crippen LogP contribution in [0.4, 0.5) is 0 Å². The van der Waals surface area contributed by atoms with Gasteiger partial charge in [0.05, 0.1) is 0 Å². The van der Waals surface area contributed by atoms with E-state index >= 15 is 0 Å². The lowest BCUT2D eigenvalue weighted by atomic mass is 10.0. The number of hydrogen-bond acceptors (Lipinski definition) is 5. The molecule has 158 valence electrons. The summed E-state index contributed by atoms with van der Waals surface area (Å²) < 4.78 is 5.10. The Morgan fingerprint density at radius 1 is 0.455 bits per heavy atom. The molecule has 0 fully saturated rings. The van der Waals surface area contributed by atoms with Crippen LogP contribution in [0.5, 0.6) is 5.75 Å². The van der Waals surface area contributed by atoms with Crippen LogP contribution < -0.4 is 4.65 Å². The van der Waals surface area contributed by atoms with Gasteiger partial charge in [-0.05, 0) is 23.3 Å². The summed E-state index contributed by atoms with van der Waals surface area (Å²) in [5, 5.41) is 8.89. The van der Waals surface area contributed by atoms with Crippen LogP contribution in [0.1, 0.15) is 0 Å². The van der Waals surface area contributed by atoms with Crippen LogP contribution >= 0.6 is 0 Å². The highest BCUT2D eigenvalue weighted by molar-refractivity contribution is 6.17. The molecule has 0 saturated carbocycles. The Morgan fingerprint density at radius 3 is 1.24 bits per heavy atom. The highest BCUT2D eigenvalue weighted by atomic mass is 16.5. The van der Waals surface area contributed by atoms with E-state index in [4.69, 9.17) is 24.6 Å². The summed E-state index contributed by atoms with van der Waals surface area (Å²) in [4.78, 5) is 14.3. The molecule has 0 aliphatic rings. The Kier molecular flexibility index (Phi) is 5.91. The Labute approximate surface area is 192 Å². The number of hydrogen-bond donors (Lipinski definition) is 1. The van der Waals surface area contributed by atoms with Crippen molar-refractivity contribution in [3.05, 3.63) is 109 Å². The number of benzene rings is 4. The van der Waals surface area contributed by atoms with Crippen molar-refractivity contribution in [2.45, 2.75) is 0 Å². The van der Waals surface area contributed by atoms with Gasteiger partial charge in [-0.3, -0.25) is 0 Å². The van der Waals surface area contributed by atoms with Gasteiger partial charge in [0.1, 0.15) is 5.75 Å². The summed E-state index contributed by atoms with van der Waals surface area (Å²) in [6, 6.07) is 35.6. The first-order chi connectivity index (χ1) is 16.3. The molecule has 33 heavy (non-hydrogen) atoms. The highest BCUT2D eigenvalue weighted by Crippen LogP contribution is 2.27. The average Bonchev–Trinajstić information content (AvgIpc) is 2.90. The topological polar surface area (TPSA) is 68.1 Å². The van der Waals surface area contributed by atoms with Crippen molar-refractivity contribution in [1.82, 2.24) is 15.0 Å². The average molecular weight is 429 g/mol. The minimum atomic E-state index is -0.337. The first-order valence-electron chi connectivity index (χ1n) is 10.6. The molecular formula is C27H20BN3O2. The molecule has 0 radical (unpaired) electrons. The minimum absolute atomic E-state index is 0.337. The largest absolute Gasteiger partial charge is 0.539 e. The molecule has 0 atom stereocenters. The van der Waals surface area contributed by atoms with E-state index in [1.807, 2.05) is 109 Å². The molecular weight excluding hydrogens is 409 g/mol. The fourth-order valence-electron chi connectivity index (χ4n) is 3.57. The van der Waals surface area contributed by atoms with Crippen molar-refractivity contribution in [2.75, 3.05) is 0 Å². The van der Waals surface area contributed by atoms with E-state index < -0.39 is 0 Å². The van der Waals surface area contributed by atoms with Gasteiger partial charge in [-0.1, -0.05) is 97.1 Å². The third-order valence-corrected chi connectivity index (χ3v) is 5.26. The summed E-state index contributed by atoms with van der Waals surface area (Å²) in [6.07, 6.45) is 0. The van der Waals surface area contributed by atoms with Crippen LogP contribution in [0.15, 0.2) is 109 Å². The van der Waals surface area contributed by atoms with Crippen LogP contribution in [0, 0.1) is 0 Å². The highest BCUT2D eigenvalue weighted by Gasteiger charge is 2.12. The summed E-state index contributed by atoms with van der Waals surface area (Å²) >= 11 is 0. The molecule has 0 amide bonds. The molecule has 0 saturated heterocycles. The standard InChI is InChI=1S/C27H20BN3O2/c32-28-33-24-17-15-20(16-18-24)19-11-13-23(14-12-19)27-30-25(21-7-3-1-4-8-21)29-26(31-27)22-9-5-2-6-10-22/h1-18,28,32H. The molecule has 0 bridgehead atoms. The van der Waals surface area contributed by atoms with Gasteiger partial charge in [0.25, 0.3) is 0 Å². The zero-order valence-corrected chi connectivity index (χ0v) is 17.8. The molecule has 1 aromatic heterocycles. The minimum Gasteiger partial charge on any atom is -0.539 e. The van der Waals surface area contributed by atoms with Crippen molar-refractivity contribution in [3.8, 4) is 51.0 Å². The second-order valence-corrected chi connectivity index (χ2v) is 7.41. The predicted molar refractivity (Wildman–Crippen MR) is 132 cm³/mol. The number of nitrogens with zero attached hydrogens (tertiary/aromatic N) is 3. The zero-order valence-electron chi connectivity index (χ0n) is 17.8. The zero-order chi connectivity index (χ0) is 22.5. The first kappa shape index (κ1) is 20.6. The van der Waals surface area contributed by atoms with E-state index in [0.717, 1.165) is 27.8 Å². The summed E-state index contributed by atoms with van der Waals surface area (Å²) in [5.74, 6) is 2.54. The van der Waals surface area contributed by atoms with Crippen molar-refractivity contribution >= 4 is 7.69 Å². The lowest BCUT2D eigenvalue weighted by molar-refractivity contribution is 0.454. The molecule has 5 nitrogen and oxygen atoms in total. The molecule has 5 aromatic rings. The molecule has 5 rings (SSSR count). The third kappa shape index (κ3) is 4.66. The van der Waals surface area contributed by atoms with E-state index in [2.05, 4.69) is 0 Å². The lowest BCUT2D eigenvalue weighted by Gasteiger charge is -2.09. The molecule has 6 heteroatoms. The van der Waals surface area contributed by atoms with Crippen LogP contribution in [-0.4, -0.2) is 27.7 Å². The summed E-state index contributed by atoms with van der Waals surface area (Å²) in [5.41, 5.74) is 4.92. The lowest BCUT2D eigenvalue weighted by Crippen LogP contribution is -2.00. The normalized spacial score (nSPS) is 10.6. The van der Waals surface area contributed by atoms with Gasteiger partial charge in [-0.15, -0.1) is 0 Å². The van der Waals surface area contributed by atoms with Gasteiger partial charge in [0.15, 0.2) is 17.5 Å². The van der Waals surface area contributed by atoms with Gasteiger partial charge in [-0.25, -0.2) is 15.0 Å². The van der Waals surface area contributed by atoms with Crippen molar-refractivity contribution < 1.29 is 9.68 Å². The van der Waals surface area contributed by atoms with Crippen LogP contribution in [-0.2, 0) is 0 Å². The molecule has 4 aromatic carbocycles. The molecule has 1 heterocycles. The second-order valence-electron chi connectivity index (χ2n) is 7.41. The van der Waals surface area contributed by atoms with Gasteiger partial charge in [-0.2, -0.15) is 0 Å². The number of aromatic nitrogens is 3. The monoisotopic (exact) mass is 429 g/mol. The van der Waals surface area contributed by atoms with Crippen molar-refractivity contribution in [3.63, 3.8) is 0 Å².